The molecule has 122 valence electrons. The molecule has 0 spiro atoms. The Morgan fingerprint density at radius 3 is 2.83 bits per heavy atom. The first kappa shape index (κ1) is 15.5. The molecule has 3 heterocycles. The minimum Gasteiger partial charge on any atom is -0.308 e. The molecule has 1 N–H and O–H groups in total. The van der Waals surface area contributed by atoms with E-state index < -0.39 is 0 Å². The molecule has 1 aromatic carbocycles. The number of aromatic nitrogens is 4. The molecule has 1 atom stereocenters. The van der Waals surface area contributed by atoms with Crippen LogP contribution in [0.15, 0.2) is 47.5 Å². The molecular formula is C16H14BrN5OS. The molecule has 1 aliphatic rings. The standard InChI is InChI=1S/C16H14BrN5OS/c1-21-7-10(6-19-21)15-14-16(20-13(23)8-24-15)18-9-22(14)12-4-2-11(17)3-5-12/h2-7,9,15H,8H2,1H3,(H,20,23)/t15-/m0/s1. The van der Waals surface area contributed by atoms with Gasteiger partial charge in [0, 0.05) is 29.0 Å². The number of rotatable bonds is 2. The van der Waals surface area contributed by atoms with Gasteiger partial charge >= 0.3 is 0 Å². The summed E-state index contributed by atoms with van der Waals surface area (Å²) in [5, 5.41) is 7.16. The first-order valence-electron chi connectivity index (χ1n) is 7.35. The minimum absolute atomic E-state index is 0.0150. The SMILES string of the molecule is Cn1cc([C@@H]2SCC(=O)Nc3ncn(-c4ccc(Br)cc4)c32)cn1. The minimum atomic E-state index is -0.0336. The van der Waals surface area contributed by atoms with Crippen molar-refractivity contribution in [1.29, 1.82) is 0 Å². The van der Waals surface area contributed by atoms with Crippen LogP contribution in [0.2, 0.25) is 0 Å². The van der Waals surface area contributed by atoms with Crippen LogP contribution in [0, 0.1) is 0 Å². The van der Waals surface area contributed by atoms with E-state index >= 15 is 0 Å². The zero-order valence-corrected chi connectivity index (χ0v) is 15.2. The molecule has 0 radical (unpaired) electrons. The molecule has 24 heavy (non-hydrogen) atoms. The molecule has 6 nitrogen and oxygen atoms in total. The molecule has 0 saturated heterocycles. The molecule has 0 unspecified atom stereocenters. The van der Waals surface area contributed by atoms with Gasteiger partial charge in [-0.3, -0.25) is 14.0 Å². The average molecular weight is 404 g/mol. The number of amides is 1. The third kappa shape index (κ3) is 2.76. The van der Waals surface area contributed by atoms with Crippen molar-refractivity contribution in [1.82, 2.24) is 19.3 Å². The molecule has 0 saturated carbocycles. The summed E-state index contributed by atoms with van der Waals surface area (Å²) in [5.74, 6) is 0.964. The Morgan fingerprint density at radius 1 is 1.33 bits per heavy atom. The van der Waals surface area contributed by atoms with E-state index in [-0.39, 0.29) is 11.2 Å². The van der Waals surface area contributed by atoms with Crippen LogP contribution in [-0.4, -0.2) is 31.0 Å². The van der Waals surface area contributed by atoms with Crippen molar-refractivity contribution in [2.24, 2.45) is 7.05 Å². The van der Waals surface area contributed by atoms with Crippen LogP contribution >= 0.6 is 27.7 Å². The maximum absolute atomic E-state index is 12.0. The Morgan fingerprint density at radius 2 is 2.12 bits per heavy atom. The predicted octanol–water partition coefficient (Wildman–Crippen LogP) is 3.14. The van der Waals surface area contributed by atoms with Gasteiger partial charge in [-0.25, -0.2) is 4.98 Å². The molecule has 0 bridgehead atoms. The average Bonchev–Trinajstić information content (AvgIpc) is 3.12. The van der Waals surface area contributed by atoms with Gasteiger partial charge in [-0.1, -0.05) is 15.9 Å². The molecule has 0 fully saturated rings. The summed E-state index contributed by atoms with van der Waals surface area (Å²) < 4.78 is 4.82. The number of fused-ring (bicyclic) bond motifs is 1. The zero-order valence-electron chi connectivity index (χ0n) is 12.8. The maximum atomic E-state index is 12.0. The number of thioether (sulfide) groups is 1. The van der Waals surface area contributed by atoms with E-state index in [1.54, 1.807) is 22.8 Å². The van der Waals surface area contributed by atoms with Crippen LogP contribution in [-0.2, 0) is 11.8 Å². The second-order valence-corrected chi connectivity index (χ2v) is 7.52. The fourth-order valence-electron chi connectivity index (χ4n) is 2.75. The first-order valence-corrected chi connectivity index (χ1v) is 9.19. The van der Waals surface area contributed by atoms with E-state index in [1.807, 2.05) is 48.3 Å². The molecule has 4 rings (SSSR count). The summed E-state index contributed by atoms with van der Waals surface area (Å²) >= 11 is 5.04. The summed E-state index contributed by atoms with van der Waals surface area (Å²) in [6, 6.07) is 8.01. The Hall–Kier alpha value is -2.06. The molecule has 0 aliphatic carbocycles. The van der Waals surface area contributed by atoms with Crippen molar-refractivity contribution in [3.05, 3.63) is 58.7 Å². The second kappa shape index (κ2) is 6.10. The third-order valence-corrected chi connectivity index (χ3v) is 5.61. The van der Waals surface area contributed by atoms with E-state index in [4.69, 9.17) is 0 Å². The van der Waals surface area contributed by atoms with Gasteiger partial charge < -0.3 is 5.32 Å². The van der Waals surface area contributed by atoms with Crippen LogP contribution in [0.1, 0.15) is 16.5 Å². The van der Waals surface area contributed by atoms with Gasteiger partial charge in [-0.05, 0) is 24.3 Å². The summed E-state index contributed by atoms with van der Waals surface area (Å²) in [5.41, 5.74) is 3.01. The van der Waals surface area contributed by atoms with Gasteiger partial charge in [0.05, 0.1) is 22.9 Å². The molecular weight excluding hydrogens is 390 g/mol. The van der Waals surface area contributed by atoms with Crippen molar-refractivity contribution in [2.75, 3.05) is 11.1 Å². The fourth-order valence-corrected chi connectivity index (χ4v) is 4.10. The highest BCUT2D eigenvalue weighted by Gasteiger charge is 2.29. The van der Waals surface area contributed by atoms with Crippen LogP contribution in [0.25, 0.3) is 5.69 Å². The van der Waals surface area contributed by atoms with Crippen LogP contribution < -0.4 is 5.32 Å². The molecule has 3 aromatic rings. The molecule has 8 heteroatoms. The van der Waals surface area contributed by atoms with Crippen molar-refractivity contribution < 1.29 is 4.79 Å². The summed E-state index contributed by atoms with van der Waals surface area (Å²) in [7, 11) is 1.89. The monoisotopic (exact) mass is 403 g/mol. The van der Waals surface area contributed by atoms with Crippen molar-refractivity contribution in [3.8, 4) is 5.69 Å². The fraction of sp³-hybridized carbons (Fsp3) is 0.188. The normalized spacial score (nSPS) is 17.2. The predicted molar refractivity (Wildman–Crippen MR) is 97.4 cm³/mol. The van der Waals surface area contributed by atoms with E-state index in [0.717, 1.165) is 21.4 Å². The first-order chi connectivity index (χ1) is 11.6. The van der Waals surface area contributed by atoms with Crippen LogP contribution in [0.3, 0.4) is 0 Å². The lowest BCUT2D eigenvalue weighted by Crippen LogP contribution is -2.12. The van der Waals surface area contributed by atoms with Gasteiger partial charge in [0.1, 0.15) is 6.33 Å². The summed E-state index contributed by atoms with van der Waals surface area (Å²) in [6.45, 7) is 0. The highest BCUT2D eigenvalue weighted by Crippen LogP contribution is 2.41. The summed E-state index contributed by atoms with van der Waals surface area (Å²) in [6.07, 6.45) is 5.58. The number of carbonyl (C=O) groups excluding carboxylic acids is 1. The lowest BCUT2D eigenvalue weighted by atomic mass is 10.1. The van der Waals surface area contributed by atoms with Gasteiger partial charge in [-0.2, -0.15) is 5.10 Å². The number of benzene rings is 1. The number of hydrogen-bond acceptors (Lipinski definition) is 4. The molecule has 2 aromatic heterocycles. The van der Waals surface area contributed by atoms with Crippen LogP contribution in [0.5, 0.6) is 0 Å². The number of aryl methyl sites for hydroxylation is 1. The Balaban J connectivity index is 1.87. The lowest BCUT2D eigenvalue weighted by Gasteiger charge is -2.16. The Kier molecular flexibility index (Phi) is 3.93. The smallest absolute Gasteiger partial charge is 0.235 e. The molecule has 1 aliphatic heterocycles. The Bertz CT molecular complexity index is 902. The van der Waals surface area contributed by atoms with Gasteiger partial charge in [0.25, 0.3) is 0 Å². The van der Waals surface area contributed by atoms with Crippen LogP contribution in [0.4, 0.5) is 5.82 Å². The maximum Gasteiger partial charge on any atom is 0.235 e. The number of imidazole rings is 1. The van der Waals surface area contributed by atoms with Gasteiger partial charge in [-0.15, -0.1) is 11.8 Å². The second-order valence-electron chi connectivity index (χ2n) is 5.51. The number of nitrogens with zero attached hydrogens (tertiary/aromatic N) is 4. The topological polar surface area (TPSA) is 64.7 Å². The third-order valence-electron chi connectivity index (χ3n) is 3.82. The van der Waals surface area contributed by atoms with Gasteiger partial charge in [0.15, 0.2) is 5.82 Å². The highest BCUT2D eigenvalue weighted by atomic mass is 79.9. The van der Waals surface area contributed by atoms with Crippen molar-refractivity contribution >= 4 is 39.4 Å². The quantitative estimate of drug-likeness (QED) is 0.713. The van der Waals surface area contributed by atoms with E-state index in [0.29, 0.717) is 11.6 Å². The van der Waals surface area contributed by atoms with E-state index in [9.17, 15) is 4.79 Å². The Labute approximate surface area is 151 Å². The van der Waals surface area contributed by atoms with Crippen molar-refractivity contribution in [3.63, 3.8) is 0 Å². The van der Waals surface area contributed by atoms with Crippen molar-refractivity contribution in [2.45, 2.75) is 5.25 Å². The number of halogens is 1. The largest absolute Gasteiger partial charge is 0.308 e. The highest BCUT2D eigenvalue weighted by molar-refractivity contribution is 9.10. The lowest BCUT2D eigenvalue weighted by molar-refractivity contribution is -0.113. The zero-order chi connectivity index (χ0) is 16.7. The summed E-state index contributed by atoms with van der Waals surface area (Å²) in [4.78, 5) is 16.4. The van der Waals surface area contributed by atoms with E-state index in [2.05, 4.69) is 31.3 Å². The number of hydrogen-bond donors (Lipinski definition) is 1. The van der Waals surface area contributed by atoms with E-state index in [1.165, 1.54) is 0 Å². The van der Waals surface area contributed by atoms with Gasteiger partial charge in [0.2, 0.25) is 5.91 Å². The number of carbonyl (C=O) groups is 1. The number of anilines is 1. The molecule has 1 amide bonds. The number of nitrogens with one attached hydrogen (secondary N) is 1.